The van der Waals surface area contributed by atoms with E-state index in [4.69, 9.17) is 9.15 Å². The van der Waals surface area contributed by atoms with E-state index in [9.17, 15) is 14.4 Å². The van der Waals surface area contributed by atoms with Crippen molar-refractivity contribution in [3.8, 4) is 0 Å². The molecule has 7 nitrogen and oxygen atoms in total. The van der Waals surface area contributed by atoms with Crippen LogP contribution in [0.1, 0.15) is 44.3 Å². The summed E-state index contributed by atoms with van der Waals surface area (Å²) >= 11 is 2.02. The second kappa shape index (κ2) is 7.88. The van der Waals surface area contributed by atoms with Crippen LogP contribution in [0.3, 0.4) is 0 Å². The average Bonchev–Trinajstić information content (AvgIpc) is 3.01. The van der Waals surface area contributed by atoms with Crippen molar-refractivity contribution >= 4 is 46.6 Å². The van der Waals surface area contributed by atoms with Crippen molar-refractivity contribution in [1.82, 2.24) is 10.6 Å². The van der Waals surface area contributed by atoms with Gasteiger partial charge in [0.15, 0.2) is 10.4 Å². The summed E-state index contributed by atoms with van der Waals surface area (Å²) in [6, 6.07) is 2.98. The molecule has 0 spiro atoms. The second-order valence-electron chi connectivity index (χ2n) is 8.28. The van der Waals surface area contributed by atoms with Gasteiger partial charge in [-0.05, 0) is 97.1 Å². The highest BCUT2D eigenvalue weighted by molar-refractivity contribution is 14.1. The number of amides is 3. The molecule has 4 fully saturated rings. The lowest BCUT2D eigenvalue weighted by atomic mass is 9.53. The Bertz CT molecular complexity index is 780. The van der Waals surface area contributed by atoms with Crippen molar-refractivity contribution in [2.24, 2.45) is 17.8 Å². The normalized spacial score (nSPS) is 30.4. The number of imide groups is 1. The number of furan rings is 1. The van der Waals surface area contributed by atoms with E-state index in [1.54, 1.807) is 12.1 Å². The first-order chi connectivity index (χ1) is 13.4. The minimum atomic E-state index is -0.678. The Kier molecular flexibility index (Phi) is 5.48. The largest absolute Gasteiger partial charge is 0.452 e. The fraction of sp³-hybridized carbons (Fsp3) is 0.550. The lowest BCUT2D eigenvalue weighted by Crippen LogP contribution is -2.62. The van der Waals surface area contributed by atoms with Crippen LogP contribution in [-0.4, -0.2) is 30.1 Å². The van der Waals surface area contributed by atoms with Crippen LogP contribution >= 0.6 is 22.6 Å². The number of halogens is 1. The summed E-state index contributed by atoms with van der Waals surface area (Å²) in [5.74, 6) is 1.30. The number of hydrogen-bond donors (Lipinski definition) is 2. The molecule has 0 aromatic carbocycles. The van der Waals surface area contributed by atoms with Crippen molar-refractivity contribution in [3.63, 3.8) is 0 Å². The van der Waals surface area contributed by atoms with Crippen molar-refractivity contribution in [1.29, 1.82) is 0 Å². The quantitative estimate of drug-likeness (QED) is 0.369. The molecule has 0 atom stereocenters. The Balaban J connectivity index is 1.21. The number of nitrogens with one attached hydrogen (secondary N) is 2. The van der Waals surface area contributed by atoms with Gasteiger partial charge >= 0.3 is 12.0 Å². The van der Waals surface area contributed by atoms with E-state index in [1.165, 1.54) is 31.4 Å². The third kappa shape index (κ3) is 4.59. The zero-order valence-electron chi connectivity index (χ0n) is 15.4. The summed E-state index contributed by atoms with van der Waals surface area (Å²) in [6.07, 6.45) is 9.50. The Morgan fingerprint density at radius 1 is 1.14 bits per heavy atom. The number of hydrogen-bond acceptors (Lipinski definition) is 5. The molecule has 1 aromatic rings. The molecule has 5 rings (SSSR count). The highest BCUT2D eigenvalue weighted by Crippen LogP contribution is 2.55. The Morgan fingerprint density at radius 3 is 2.36 bits per heavy atom. The summed E-state index contributed by atoms with van der Waals surface area (Å²) in [7, 11) is 0. The summed E-state index contributed by atoms with van der Waals surface area (Å²) in [6.45, 7) is -0.507. The minimum absolute atomic E-state index is 0.168. The topological polar surface area (TPSA) is 97.6 Å². The van der Waals surface area contributed by atoms with Crippen molar-refractivity contribution < 1.29 is 23.5 Å². The number of urea groups is 1. The lowest BCUT2D eigenvalue weighted by molar-refractivity contribution is -0.143. The first-order valence-electron chi connectivity index (χ1n) is 9.61. The Labute approximate surface area is 176 Å². The summed E-state index contributed by atoms with van der Waals surface area (Å²) in [5, 5.41) is 5.33. The number of ether oxygens (including phenoxy) is 1. The lowest BCUT2D eigenvalue weighted by Gasteiger charge is -2.56. The van der Waals surface area contributed by atoms with E-state index < -0.39 is 24.5 Å². The zero-order valence-corrected chi connectivity index (χ0v) is 17.6. The predicted molar refractivity (Wildman–Crippen MR) is 109 cm³/mol. The molecule has 4 saturated carbocycles. The van der Waals surface area contributed by atoms with Gasteiger partial charge in [-0.1, -0.05) is 0 Å². The standard InChI is InChI=1S/C20H23IN2O5/c21-16-3-1-15(28-16)2-4-18(25)27-11-17(24)22-19(26)23-20-8-12-5-13(9-20)7-14(6-12)10-20/h1-4,12-14H,5-11H2,(H2,22,23,24,26)/b4-2+. The van der Waals surface area contributed by atoms with Gasteiger partial charge in [0, 0.05) is 11.6 Å². The molecule has 8 heteroatoms. The number of carbonyl (C=O) groups excluding carboxylic acids is 3. The molecule has 2 N–H and O–H groups in total. The second-order valence-corrected chi connectivity index (χ2v) is 9.35. The van der Waals surface area contributed by atoms with Crippen molar-refractivity contribution in [2.75, 3.05) is 6.61 Å². The maximum atomic E-state index is 12.3. The molecule has 1 heterocycles. The zero-order chi connectivity index (χ0) is 19.7. The van der Waals surface area contributed by atoms with Crippen LogP contribution in [0, 0.1) is 21.5 Å². The molecule has 0 radical (unpaired) electrons. The van der Waals surface area contributed by atoms with Gasteiger partial charge in [0.1, 0.15) is 5.76 Å². The highest BCUT2D eigenvalue weighted by Gasteiger charge is 2.51. The molecular weight excluding hydrogens is 475 g/mol. The molecule has 0 unspecified atom stereocenters. The van der Waals surface area contributed by atoms with Gasteiger partial charge in [-0.2, -0.15) is 0 Å². The number of esters is 1. The van der Waals surface area contributed by atoms with Crippen LogP contribution in [0.4, 0.5) is 4.79 Å². The van der Waals surface area contributed by atoms with Gasteiger partial charge in [0.2, 0.25) is 0 Å². The maximum Gasteiger partial charge on any atom is 0.331 e. The molecule has 4 aliphatic carbocycles. The monoisotopic (exact) mass is 498 g/mol. The van der Waals surface area contributed by atoms with Crippen LogP contribution in [0.2, 0.25) is 0 Å². The first-order valence-corrected chi connectivity index (χ1v) is 10.7. The van der Waals surface area contributed by atoms with Crippen molar-refractivity contribution in [3.05, 3.63) is 27.7 Å². The molecule has 3 amide bonds. The molecule has 150 valence electrons. The van der Waals surface area contributed by atoms with Crippen LogP contribution in [-0.2, 0) is 14.3 Å². The van der Waals surface area contributed by atoms with Gasteiger partial charge in [0.25, 0.3) is 5.91 Å². The van der Waals surface area contributed by atoms with E-state index >= 15 is 0 Å². The first kappa shape index (κ1) is 19.5. The third-order valence-corrected chi connectivity index (χ3v) is 6.57. The summed E-state index contributed by atoms with van der Waals surface area (Å²) < 4.78 is 10.9. The Morgan fingerprint density at radius 2 is 1.79 bits per heavy atom. The molecular formula is C20H23IN2O5. The smallest absolute Gasteiger partial charge is 0.331 e. The Hall–Kier alpha value is -1.84. The van der Waals surface area contributed by atoms with Gasteiger partial charge in [-0.25, -0.2) is 9.59 Å². The summed E-state index contributed by atoms with van der Waals surface area (Å²) in [5.41, 5.74) is -0.168. The van der Waals surface area contributed by atoms with E-state index in [2.05, 4.69) is 10.6 Å². The molecule has 0 aliphatic heterocycles. The SMILES string of the molecule is O=C(COC(=O)/C=C/c1ccc(I)o1)NC(=O)NC12CC3CC(CC(C3)C1)C2. The van der Waals surface area contributed by atoms with E-state index in [0.717, 1.165) is 19.3 Å². The highest BCUT2D eigenvalue weighted by atomic mass is 127. The van der Waals surface area contributed by atoms with E-state index in [-0.39, 0.29) is 5.54 Å². The fourth-order valence-electron chi connectivity index (χ4n) is 5.45. The third-order valence-electron chi connectivity index (χ3n) is 5.99. The fourth-order valence-corrected chi connectivity index (χ4v) is 5.89. The van der Waals surface area contributed by atoms with E-state index in [1.807, 2.05) is 22.6 Å². The van der Waals surface area contributed by atoms with Gasteiger partial charge < -0.3 is 14.5 Å². The van der Waals surface area contributed by atoms with E-state index in [0.29, 0.717) is 27.3 Å². The van der Waals surface area contributed by atoms with Gasteiger partial charge in [-0.3, -0.25) is 10.1 Å². The molecule has 0 saturated heterocycles. The van der Waals surface area contributed by atoms with Gasteiger partial charge in [0.05, 0.1) is 0 Å². The van der Waals surface area contributed by atoms with Crippen LogP contribution < -0.4 is 10.6 Å². The minimum Gasteiger partial charge on any atom is -0.452 e. The van der Waals surface area contributed by atoms with Crippen LogP contribution in [0.5, 0.6) is 0 Å². The predicted octanol–water partition coefficient (Wildman–Crippen LogP) is 3.24. The number of carbonyl (C=O) groups is 3. The molecule has 1 aromatic heterocycles. The molecule has 4 bridgehead atoms. The summed E-state index contributed by atoms with van der Waals surface area (Å²) in [4.78, 5) is 35.9. The van der Waals surface area contributed by atoms with Crippen LogP contribution in [0.15, 0.2) is 22.6 Å². The molecule has 28 heavy (non-hydrogen) atoms. The van der Waals surface area contributed by atoms with Crippen molar-refractivity contribution in [2.45, 2.75) is 44.1 Å². The molecule has 4 aliphatic rings. The number of rotatable bonds is 5. The van der Waals surface area contributed by atoms with Crippen LogP contribution in [0.25, 0.3) is 6.08 Å². The maximum absolute atomic E-state index is 12.3. The average molecular weight is 498 g/mol. The van der Waals surface area contributed by atoms with Gasteiger partial charge in [-0.15, -0.1) is 0 Å².